The SMILES string of the molecule is COC(=O)/C(C#N)=C\c1c(C)c(C)c(C)c(C)c1[N+](=O)[O-]. The van der Waals surface area contributed by atoms with Crippen LogP contribution in [-0.2, 0) is 9.53 Å². The Balaban J connectivity index is 3.78. The standard InChI is InChI=1S/C15H16N2O4/c1-8-9(2)11(4)14(17(19)20)13(10(8)3)6-12(7-16)15(18)21-5/h6H,1-5H3/b12-6-. The van der Waals surface area contributed by atoms with Gasteiger partial charge in [-0.25, -0.2) is 4.79 Å². The molecule has 0 aliphatic carbocycles. The van der Waals surface area contributed by atoms with Crippen LogP contribution in [0.5, 0.6) is 0 Å². The van der Waals surface area contributed by atoms with E-state index in [1.165, 1.54) is 6.08 Å². The molecule has 1 aromatic rings. The van der Waals surface area contributed by atoms with Crippen molar-refractivity contribution in [1.29, 1.82) is 5.26 Å². The number of nitro groups is 1. The van der Waals surface area contributed by atoms with Crippen LogP contribution < -0.4 is 0 Å². The number of nitro benzene ring substituents is 1. The smallest absolute Gasteiger partial charge is 0.348 e. The van der Waals surface area contributed by atoms with E-state index >= 15 is 0 Å². The van der Waals surface area contributed by atoms with Gasteiger partial charge in [0.2, 0.25) is 0 Å². The van der Waals surface area contributed by atoms with E-state index < -0.39 is 10.9 Å². The van der Waals surface area contributed by atoms with E-state index in [-0.39, 0.29) is 16.8 Å². The van der Waals surface area contributed by atoms with Gasteiger partial charge >= 0.3 is 5.97 Å². The molecule has 1 aromatic carbocycles. The quantitative estimate of drug-likeness (QED) is 0.280. The van der Waals surface area contributed by atoms with Crippen molar-refractivity contribution in [1.82, 2.24) is 0 Å². The average Bonchev–Trinajstić information content (AvgIpc) is 2.46. The van der Waals surface area contributed by atoms with Gasteiger partial charge in [-0.15, -0.1) is 0 Å². The maximum Gasteiger partial charge on any atom is 0.348 e. The zero-order chi connectivity index (χ0) is 16.3. The zero-order valence-electron chi connectivity index (χ0n) is 12.6. The van der Waals surface area contributed by atoms with Gasteiger partial charge in [0.15, 0.2) is 0 Å². The summed E-state index contributed by atoms with van der Waals surface area (Å²) >= 11 is 0. The van der Waals surface area contributed by atoms with Crippen molar-refractivity contribution in [2.75, 3.05) is 7.11 Å². The minimum Gasteiger partial charge on any atom is -0.465 e. The molecule has 6 heteroatoms. The number of methoxy groups -OCH3 is 1. The molecule has 0 atom stereocenters. The lowest BCUT2D eigenvalue weighted by atomic mass is 9.91. The van der Waals surface area contributed by atoms with Crippen LogP contribution in [0.3, 0.4) is 0 Å². The number of carbonyl (C=O) groups is 1. The molecule has 0 saturated carbocycles. The molecule has 0 fully saturated rings. The number of hydrogen-bond acceptors (Lipinski definition) is 5. The third kappa shape index (κ3) is 2.92. The van der Waals surface area contributed by atoms with Crippen LogP contribution in [-0.4, -0.2) is 18.0 Å². The van der Waals surface area contributed by atoms with Crippen LogP contribution >= 0.6 is 0 Å². The maximum absolute atomic E-state index is 11.5. The summed E-state index contributed by atoms with van der Waals surface area (Å²) < 4.78 is 4.50. The lowest BCUT2D eigenvalue weighted by Crippen LogP contribution is -2.06. The summed E-state index contributed by atoms with van der Waals surface area (Å²) in [6.45, 7) is 7.04. The van der Waals surface area contributed by atoms with E-state index in [0.29, 0.717) is 11.1 Å². The Hall–Kier alpha value is -2.68. The lowest BCUT2D eigenvalue weighted by Gasteiger charge is -2.13. The third-order valence-corrected chi connectivity index (χ3v) is 3.70. The number of nitrogens with zero attached hydrogens (tertiary/aromatic N) is 2. The summed E-state index contributed by atoms with van der Waals surface area (Å²) in [6.07, 6.45) is 1.22. The second-order valence-electron chi connectivity index (χ2n) is 4.68. The van der Waals surface area contributed by atoms with Gasteiger partial charge in [0.05, 0.1) is 17.6 Å². The van der Waals surface area contributed by atoms with Crippen molar-refractivity contribution in [2.45, 2.75) is 27.7 Å². The summed E-state index contributed by atoms with van der Waals surface area (Å²) in [5.41, 5.74) is 2.82. The van der Waals surface area contributed by atoms with Crippen molar-refractivity contribution in [3.8, 4) is 6.07 Å². The number of esters is 1. The predicted octanol–water partition coefficient (Wildman–Crippen LogP) is 2.91. The zero-order valence-corrected chi connectivity index (χ0v) is 12.6. The van der Waals surface area contributed by atoms with Gasteiger partial charge in [-0.1, -0.05) is 0 Å². The molecular formula is C15H16N2O4. The average molecular weight is 288 g/mol. The largest absolute Gasteiger partial charge is 0.465 e. The second kappa shape index (κ2) is 6.18. The second-order valence-corrected chi connectivity index (χ2v) is 4.68. The normalized spacial score (nSPS) is 11.0. The van der Waals surface area contributed by atoms with Crippen molar-refractivity contribution < 1.29 is 14.5 Å². The van der Waals surface area contributed by atoms with Crippen molar-refractivity contribution >= 4 is 17.7 Å². The highest BCUT2D eigenvalue weighted by Crippen LogP contribution is 2.34. The summed E-state index contributed by atoms with van der Waals surface area (Å²) in [7, 11) is 1.15. The van der Waals surface area contributed by atoms with E-state index in [1.54, 1.807) is 19.9 Å². The van der Waals surface area contributed by atoms with Gasteiger partial charge in [-0.2, -0.15) is 5.26 Å². The van der Waals surface area contributed by atoms with Gasteiger partial charge in [0.1, 0.15) is 11.6 Å². The minimum atomic E-state index is -0.818. The topological polar surface area (TPSA) is 93.2 Å². The van der Waals surface area contributed by atoms with Crippen LogP contribution in [0, 0.1) is 49.1 Å². The van der Waals surface area contributed by atoms with Crippen molar-refractivity contribution in [3.63, 3.8) is 0 Å². The Kier molecular flexibility index (Phi) is 4.82. The predicted molar refractivity (Wildman–Crippen MR) is 77.7 cm³/mol. The number of ether oxygens (including phenoxy) is 1. The van der Waals surface area contributed by atoms with Gasteiger partial charge in [0, 0.05) is 5.56 Å². The molecule has 0 spiro atoms. The van der Waals surface area contributed by atoms with Gasteiger partial charge in [-0.05, 0) is 50.5 Å². The first-order valence-electron chi connectivity index (χ1n) is 6.21. The first kappa shape index (κ1) is 16.4. The van der Waals surface area contributed by atoms with Gasteiger partial charge in [-0.3, -0.25) is 10.1 Å². The molecule has 0 aliphatic heterocycles. The van der Waals surface area contributed by atoms with E-state index in [4.69, 9.17) is 5.26 Å². The molecule has 0 aromatic heterocycles. The lowest BCUT2D eigenvalue weighted by molar-refractivity contribution is -0.385. The molecule has 0 unspecified atom stereocenters. The number of nitriles is 1. The molecule has 0 bridgehead atoms. The minimum absolute atomic E-state index is 0.0905. The van der Waals surface area contributed by atoms with Crippen molar-refractivity contribution in [3.05, 3.63) is 43.5 Å². The molecular weight excluding hydrogens is 272 g/mol. The Labute approximate surface area is 122 Å². The van der Waals surface area contributed by atoms with Crippen LogP contribution in [0.15, 0.2) is 5.57 Å². The molecule has 21 heavy (non-hydrogen) atoms. The molecule has 0 N–H and O–H groups in total. The fourth-order valence-electron chi connectivity index (χ4n) is 2.12. The van der Waals surface area contributed by atoms with E-state index in [0.717, 1.165) is 18.2 Å². The maximum atomic E-state index is 11.5. The Morgan fingerprint density at radius 3 is 2.14 bits per heavy atom. The highest BCUT2D eigenvalue weighted by molar-refractivity contribution is 5.98. The summed E-state index contributed by atoms with van der Waals surface area (Å²) in [5.74, 6) is -0.818. The van der Waals surface area contributed by atoms with Crippen molar-refractivity contribution in [2.24, 2.45) is 0 Å². The summed E-state index contributed by atoms with van der Waals surface area (Å²) in [4.78, 5) is 22.3. The first-order chi connectivity index (χ1) is 9.76. The molecule has 0 saturated heterocycles. The van der Waals surface area contributed by atoms with Crippen LogP contribution in [0.2, 0.25) is 0 Å². The Bertz CT molecular complexity index is 697. The molecule has 0 aliphatic rings. The third-order valence-electron chi connectivity index (χ3n) is 3.70. The van der Waals surface area contributed by atoms with E-state index in [2.05, 4.69) is 4.74 Å². The number of hydrogen-bond donors (Lipinski definition) is 0. The highest BCUT2D eigenvalue weighted by Gasteiger charge is 2.24. The first-order valence-corrected chi connectivity index (χ1v) is 6.21. The Morgan fingerprint density at radius 1 is 1.19 bits per heavy atom. The fraction of sp³-hybridized carbons (Fsp3) is 0.333. The van der Waals surface area contributed by atoms with E-state index in [1.807, 2.05) is 13.8 Å². The summed E-state index contributed by atoms with van der Waals surface area (Å²) in [6, 6.07) is 1.71. The van der Waals surface area contributed by atoms with Crippen LogP contribution in [0.1, 0.15) is 27.8 Å². The van der Waals surface area contributed by atoms with Gasteiger partial charge < -0.3 is 4.74 Å². The molecule has 1 rings (SSSR count). The molecule has 0 amide bonds. The number of carbonyl (C=O) groups excluding carboxylic acids is 1. The molecule has 0 radical (unpaired) electrons. The molecule has 6 nitrogen and oxygen atoms in total. The Morgan fingerprint density at radius 2 is 1.71 bits per heavy atom. The number of rotatable bonds is 3. The number of benzene rings is 1. The van der Waals surface area contributed by atoms with E-state index in [9.17, 15) is 14.9 Å². The summed E-state index contributed by atoms with van der Waals surface area (Å²) in [5, 5.41) is 20.4. The molecule has 0 heterocycles. The van der Waals surface area contributed by atoms with Crippen LogP contribution in [0.25, 0.3) is 6.08 Å². The molecule has 110 valence electrons. The monoisotopic (exact) mass is 288 g/mol. The van der Waals surface area contributed by atoms with Gasteiger partial charge in [0.25, 0.3) is 5.69 Å². The highest BCUT2D eigenvalue weighted by atomic mass is 16.6. The fourth-order valence-corrected chi connectivity index (χ4v) is 2.12. The van der Waals surface area contributed by atoms with Crippen LogP contribution in [0.4, 0.5) is 5.69 Å².